The summed E-state index contributed by atoms with van der Waals surface area (Å²) in [6.45, 7) is 7.64. The first-order valence-corrected chi connectivity index (χ1v) is 9.13. The molecule has 1 atom stereocenters. The van der Waals surface area contributed by atoms with E-state index >= 15 is 0 Å². The average Bonchev–Trinajstić information content (AvgIpc) is 3.03. The normalized spacial score (nSPS) is 19.9. The fourth-order valence-electron chi connectivity index (χ4n) is 3.54. The SMILES string of the molecule is CC(C)(C)OC(=O)N1CCN(c2ccc3c(c2)CN(C(=O)O)C3)[C@H](CO)C1. The Labute approximate surface area is 158 Å². The molecule has 1 fully saturated rings. The van der Waals surface area contributed by atoms with Crippen LogP contribution in [-0.4, -0.2) is 70.1 Å². The molecule has 27 heavy (non-hydrogen) atoms. The van der Waals surface area contributed by atoms with E-state index in [1.165, 1.54) is 4.90 Å². The Bertz CT molecular complexity index is 731. The molecule has 0 aromatic heterocycles. The number of aliphatic hydroxyl groups is 1. The predicted molar refractivity (Wildman–Crippen MR) is 99.7 cm³/mol. The molecule has 0 spiro atoms. The van der Waals surface area contributed by atoms with Crippen molar-refractivity contribution in [3.63, 3.8) is 0 Å². The van der Waals surface area contributed by atoms with Gasteiger partial charge < -0.3 is 24.7 Å². The Kier molecular flexibility index (Phi) is 5.19. The van der Waals surface area contributed by atoms with Crippen molar-refractivity contribution in [2.75, 3.05) is 31.1 Å². The lowest BCUT2D eigenvalue weighted by molar-refractivity contribution is 0.0197. The molecule has 0 radical (unpaired) electrons. The standard InChI is InChI=1S/C19H27N3O5/c1-19(2,3)27-18(26)20-6-7-22(16(11-20)12-23)15-5-4-13-9-21(17(24)25)10-14(13)8-15/h4-5,8,16,23H,6-7,9-12H2,1-3H3,(H,24,25)/t16-/m0/s1. The lowest BCUT2D eigenvalue weighted by atomic mass is 10.1. The number of benzene rings is 1. The Morgan fingerprint density at radius 3 is 2.48 bits per heavy atom. The van der Waals surface area contributed by atoms with Crippen LogP contribution in [-0.2, 0) is 17.8 Å². The second kappa shape index (κ2) is 7.26. The fraction of sp³-hybridized carbons (Fsp3) is 0.579. The number of ether oxygens (including phenoxy) is 1. The average molecular weight is 377 g/mol. The summed E-state index contributed by atoms with van der Waals surface area (Å²) in [5.74, 6) is 0. The van der Waals surface area contributed by atoms with E-state index in [1.54, 1.807) is 4.90 Å². The highest BCUT2D eigenvalue weighted by Gasteiger charge is 2.32. The van der Waals surface area contributed by atoms with Crippen molar-refractivity contribution in [2.45, 2.75) is 45.5 Å². The number of fused-ring (bicyclic) bond motifs is 1. The van der Waals surface area contributed by atoms with Gasteiger partial charge >= 0.3 is 12.2 Å². The molecule has 0 bridgehead atoms. The fourth-order valence-corrected chi connectivity index (χ4v) is 3.54. The molecule has 8 heteroatoms. The second-order valence-electron chi connectivity index (χ2n) is 8.05. The van der Waals surface area contributed by atoms with Gasteiger partial charge in [0.05, 0.1) is 12.6 Å². The second-order valence-corrected chi connectivity index (χ2v) is 8.05. The molecule has 1 aromatic rings. The third-order valence-electron chi connectivity index (χ3n) is 4.86. The first kappa shape index (κ1) is 19.3. The first-order chi connectivity index (χ1) is 12.7. The van der Waals surface area contributed by atoms with Crippen molar-refractivity contribution in [1.29, 1.82) is 0 Å². The van der Waals surface area contributed by atoms with Crippen LogP contribution in [0.25, 0.3) is 0 Å². The number of amides is 2. The van der Waals surface area contributed by atoms with Gasteiger partial charge in [-0.3, -0.25) is 4.90 Å². The van der Waals surface area contributed by atoms with Crippen LogP contribution in [0.2, 0.25) is 0 Å². The zero-order valence-electron chi connectivity index (χ0n) is 16.0. The minimum absolute atomic E-state index is 0.0857. The van der Waals surface area contributed by atoms with Gasteiger partial charge in [0.25, 0.3) is 0 Å². The van der Waals surface area contributed by atoms with Gasteiger partial charge in [0.2, 0.25) is 0 Å². The molecule has 1 aromatic carbocycles. The lowest BCUT2D eigenvalue weighted by Gasteiger charge is -2.42. The Morgan fingerprint density at radius 1 is 1.15 bits per heavy atom. The lowest BCUT2D eigenvalue weighted by Crippen LogP contribution is -2.57. The maximum atomic E-state index is 12.3. The summed E-state index contributed by atoms with van der Waals surface area (Å²) in [7, 11) is 0. The van der Waals surface area contributed by atoms with Crippen molar-refractivity contribution < 1.29 is 24.5 Å². The third kappa shape index (κ3) is 4.27. The molecule has 2 amide bonds. The number of anilines is 1. The summed E-state index contributed by atoms with van der Waals surface area (Å²) in [5, 5.41) is 19.0. The van der Waals surface area contributed by atoms with Crippen molar-refractivity contribution in [2.24, 2.45) is 0 Å². The van der Waals surface area contributed by atoms with E-state index in [9.17, 15) is 19.8 Å². The predicted octanol–water partition coefficient (Wildman–Crippen LogP) is 2.10. The van der Waals surface area contributed by atoms with Crippen molar-refractivity contribution in [3.05, 3.63) is 29.3 Å². The summed E-state index contributed by atoms with van der Waals surface area (Å²) in [5.41, 5.74) is 2.37. The van der Waals surface area contributed by atoms with E-state index in [-0.39, 0.29) is 18.7 Å². The highest BCUT2D eigenvalue weighted by Crippen LogP contribution is 2.29. The molecule has 2 heterocycles. The molecule has 2 aliphatic rings. The highest BCUT2D eigenvalue weighted by atomic mass is 16.6. The van der Waals surface area contributed by atoms with Crippen LogP contribution < -0.4 is 4.90 Å². The van der Waals surface area contributed by atoms with E-state index in [1.807, 2.05) is 39.0 Å². The van der Waals surface area contributed by atoms with Crippen molar-refractivity contribution >= 4 is 17.9 Å². The largest absolute Gasteiger partial charge is 0.465 e. The van der Waals surface area contributed by atoms with Crippen LogP contribution in [0.5, 0.6) is 0 Å². The van der Waals surface area contributed by atoms with Gasteiger partial charge in [-0.1, -0.05) is 6.07 Å². The van der Waals surface area contributed by atoms with Gasteiger partial charge in [-0.05, 0) is 44.0 Å². The maximum absolute atomic E-state index is 12.3. The Hall–Kier alpha value is -2.48. The van der Waals surface area contributed by atoms with E-state index in [0.717, 1.165) is 16.8 Å². The summed E-state index contributed by atoms with van der Waals surface area (Å²) in [4.78, 5) is 28.6. The summed E-state index contributed by atoms with van der Waals surface area (Å²) < 4.78 is 5.43. The molecule has 0 aliphatic carbocycles. The number of nitrogens with zero attached hydrogens (tertiary/aromatic N) is 3. The van der Waals surface area contributed by atoms with Crippen LogP contribution in [0.15, 0.2) is 18.2 Å². The topological polar surface area (TPSA) is 93.6 Å². The van der Waals surface area contributed by atoms with E-state index in [2.05, 4.69) is 4.90 Å². The van der Waals surface area contributed by atoms with E-state index in [0.29, 0.717) is 32.7 Å². The highest BCUT2D eigenvalue weighted by molar-refractivity contribution is 5.69. The van der Waals surface area contributed by atoms with Crippen LogP contribution in [0.3, 0.4) is 0 Å². The molecule has 148 valence electrons. The molecule has 2 aliphatic heterocycles. The minimum Gasteiger partial charge on any atom is -0.465 e. The maximum Gasteiger partial charge on any atom is 0.410 e. The monoisotopic (exact) mass is 377 g/mol. The minimum atomic E-state index is -0.924. The summed E-state index contributed by atoms with van der Waals surface area (Å²) in [6.07, 6.45) is -1.29. The zero-order chi connectivity index (χ0) is 19.8. The zero-order valence-corrected chi connectivity index (χ0v) is 16.0. The molecular formula is C19H27N3O5. The van der Waals surface area contributed by atoms with Gasteiger partial charge in [0, 0.05) is 38.4 Å². The number of carboxylic acid groups (broad SMARTS) is 1. The van der Waals surface area contributed by atoms with Gasteiger partial charge in [-0.15, -0.1) is 0 Å². The van der Waals surface area contributed by atoms with Gasteiger partial charge in [0.1, 0.15) is 5.60 Å². The number of carbonyl (C=O) groups excluding carboxylic acids is 1. The van der Waals surface area contributed by atoms with E-state index < -0.39 is 11.7 Å². The molecule has 8 nitrogen and oxygen atoms in total. The summed E-state index contributed by atoms with van der Waals surface area (Å²) in [6, 6.07) is 5.66. The smallest absolute Gasteiger partial charge is 0.410 e. The van der Waals surface area contributed by atoms with Gasteiger partial charge in [-0.25, -0.2) is 9.59 Å². The number of hydrogen-bond donors (Lipinski definition) is 2. The number of rotatable bonds is 2. The van der Waals surface area contributed by atoms with Crippen LogP contribution >= 0.6 is 0 Å². The Morgan fingerprint density at radius 2 is 1.85 bits per heavy atom. The van der Waals surface area contributed by atoms with Gasteiger partial charge in [0.15, 0.2) is 0 Å². The Balaban J connectivity index is 1.71. The van der Waals surface area contributed by atoms with Crippen LogP contribution in [0, 0.1) is 0 Å². The van der Waals surface area contributed by atoms with Crippen LogP contribution in [0.4, 0.5) is 15.3 Å². The van der Waals surface area contributed by atoms with Crippen molar-refractivity contribution in [1.82, 2.24) is 9.80 Å². The number of aliphatic hydroxyl groups excluding tert-OH is 1. The molecule has 2 N–H and O–H groups in total. The third-order valence-corrected chi connectivity index (χ3v) is 4.86. The molecular weight excluding hydrogens is 350 g/mol. The molecule has 3 rings (SSSR count). The number of carbonyl (C=O) groups is 2. The van der Waals surface area contributed by atoms with Crippen molar-refractivity contribution in [3.8, 4) is 0 Å². The van der Waals surface area contributed by atoms with E-state index in [4.69, 9.17) is 4.74 Å². The molecule has 0 saturated carbocycles. The molecule has 0 unspecified atom stereocenters. The quantitative estimate of drug-likeness (QED) is 0.820. The number of hydrogen-bond acceptors (Lipinski definition) is 5. The van der Waals surface area contributed by atoms with Crippen LogP contribution in [0.1, 0.15) is 31.9 Å². The molecule has 1 saturated heterocycles. The number of piperazine rings is 1. The summed E-state index contributed by atoms with van der Waals surface area (Å²) >= 11 is 0. The van der Waals surface area contributed by atoms with Gasteiger partial charge in [-0.2, -0.15) is 0 Å². The first-order valence-electron chi connectivity index (χ1n) is 9.13.